The quantitative estimate of drug-likeness (QED) is 0.0803. The van der Waals surface area contributed by atoms with Gasteiger partial charge >= 0.3 is 5.97 Å². The molecule has 0 bridgehead atoms. The lowest BCUT2D eigenvalue weighted by atomic mass is 10.1. The number of nitrogens with two attached hydrogens (primary N) is 1. The molecule has 55 heavy (non-hydrogen) atoms. The number of benzene rings is 8. The Kier molecular flexibility index (Phi) is 11.9. The number of fused-ring (bicyclic) bond motifs is 2. The van der Waals surface area contributed by atoms with E-state index in [4.69, 9.17) is 25.4 Å². The van der Waals surface area contributed by atoms with Crippen molar-refractivity contribution < 1.29 is 34.4 Å². The van der Waals surface area contributed by atoms with Crippen molar-refractivity contribution >= 4 is 44.8 Å². The van der Waals surface area contributed by atoms with Crippen molar-refractivity contribution in [3.8, 4) is 34.5 Å². The number of hydrogen-bond acceptors (Lipinski definition) is 7. The molecule has 8 rings (SSSR count). The van der Waals surface area contributed by atoms with Gasteiger partial charge in [0.05, 0.1) is 16.9 Å². The van der Waals surface area contributed by atoms with Crippen molar-refractivity contribution in [2.45, 2.75) is 0 Å². The molecule has 0 radical (unpaired) electrons. The lowest BCUT2D eigenvalue weighted by Gasteiger charge is -2.09. The molecule has 6 N–H and O–H groups in total. The molecule has 0 aliphatic rings. The summed E-state index contributed by atoms with van der Waals surface area (Å²) in [7, 11) is 0. The van der Waals surface area contributed by atoms with E-state index in [1.807, 2.05) is 78.9 Å². The van der Waals surface area contributed by atoms with Crippen LogP contribution in [0.25, 0.3) is 21.5 Å². The van der Waals surface area contributed by atoms with Gasteiger partial charge in [-0.05, 0) is 119 Å². The van der Waals surface area contributed by atoms with Gasteiger partial charge in [0.15, 0.2) is 0 Å². The highest BCUT2D eigenvalue weighted by Gasteiger charge is 2.09. The summed E-state index contributed by atoms with van der Waals surface area (Å²) in [4.78, 5) is 23.1. The van der Waals surface area contributed by atoms with Crippen molar-refractivity contribution in [1.82, 2.24) is 0 Å². The maximum atomic E-state index is 12.3. The molecule has 8 aromatic carbocycles. The van der Waals surface area contributed by atoms with Crippen LogP contribution in [0.3, 0.4) is 0 Å². The number of phenolic OH excluding ortho intramolecular Hbond substituents is 2. The number of nitrogen functional groups attached to an aromatic ring is 1. The maximum Gasteiger partial charge on any atom is 0.335 e. The zero-order valence-electron chi connectivity index (χ0n) is 29.4. The van der Waals surface area contributed by atoms with E-state index < -0.39 is 5.97 Å². The number of carboxylic acids is 1. The van der Waals surface area contributed by atoms with E-state index in [1.54, 1.807) is 78.9 Å². The third kappa shape index (κ3) is 10.2. The molecule has 9 nitrogen and oxygen atoms in total. The molecule has 8 aromatic rings. The van der Waals surface area contributed by atoms with Crippen molar-refractivity contribution in [3.63, 3.8) is 0 Å². The fourth-order valence-electron chi connectivity index (χ4n) is 5.34. The smallest absolute Gasteiger partial charge is 0.335 e. The van der Waals surface area contributed by atoms with E-state index in [9.17, 15) is 14.7 Å². The van der Waals surface area contributed by atoms with Crippen LogP contribution in [0.4, 0.5) is 11.4 Å². The van der Waals surface area contributed by atoms with Gasteiger partial charge in [-0.15, -0.1) is 0 Å². The van der Waals surface area contributed by atoms with Gasteiger partial charge in [0.2, 0.25) is 0 Å². The Balaban J connectivity index is 0.000000160. The van der Waals surface area contributed by atoms with Gasteiger partial charge in [0.1, 0.15) is 34.5 Å². The number of aromatic carboxylic acids is 1. The number of carbonyl (C=O) groups excluding carboxylic acids is 1. The Morgan fingerprint density at radius 3 is 1.33 bits per heavy atom. The van der Waals surface area contributed by atoms with Crippen LogP contribution >= 0.6 is 0 Å². The number of ether oxygens (including phenoxy) is 2. The average Bonchev–Trinajstić information content (AvgIpc) is 3.21. The summed E-state index contributed by atoms with van der Waals surface area (Å²) < 4.78 is 11.6. The zero-order chi connectivity index (χ0) is 38.6. The summed E-state index contributed by atoms with van der Waals surface area (Å²) in [6.45, 7) is 0. The number of rotatable bonds is 7. The number of para-hydroxylation sites is 4. The SMILES string of the molecule is Nc1ccccc1O.O=C(Nc1ccccc1O)c1ccc(Oc2ccc3ccccc3c2)cc1.O=C(O)c1ccc(Oc2ccc3ccccc3c2)cc1. The molecule has 0 spiro atoms. The molecule has 9 heteroatoms. The first-order valence-electron chi connectivity index (χ1n) is 17.1. The predicted molar refractivity (Wildman–Crippen MR) is 216 cm³/mol. The standard InChI is InChI=1S/C23H17NO3.C17H12O3.C6H7NO/c25-22-8-4-3-7-21(22)24-23(26)17-10-12-19(13-11-17)27-20-14-9-16-5-1-2-6-18(16)15-20;18-17(19)13-6-8-15(9-7-13)20-16-10-5-12-3-1-2-4-14(12)11-16;7-5-3-1-2-4-6(5)8/h1-15,25H,(H,24,26);1-11H,(H,18,19);1-4,8H,7H2. The van der Waals surface area contributed by atoms with Crippen LogP contribution < -0.4 is 20.5 Å². The monoisotopic (exact) mass is 728 g/mol. The Morgan fingerprint density at radius 2 is 0.873 bits per heavy atom. The van der Waals surface area contributed by atoms with Gasteiger partial charge in [0.25, 0.3) is 5.91 Å². The predicted octanol–water partition coefficient (Wildman–Crippen LogP) is 10.9. The van der Waals surface area contributed by atoms with Gasteiger partial charge in [-0.1, -0.05) is 84.9 Å². The van der Waals surface area contributed by atoms with Crippen molar-refractivity contribution in [2.75, 3.05) is 11.1 Å². The number of anilines is 2. The van der Waals surface area contributed by atoms with Gasteiger partial charge in [-0.25, -0.2) is 4.79 Å². The molecular weight excluding hydrogens is 693 g/mol. The van der Waals surface area contributed by atoms with Crippen LogP contribution in [-0.4, -0.2) is 27.2 Å². The third-order valence-corrected chi connectivity index (χ3v) is 8.22. The second-order valence-corrected chi connectivity index (χ2v) is 12.1. The Bertz CT molecular complexity index is 2530. The van der Waals surface area contributed by atoms with Crippen LogP contribution in [0.2, 0.25) is 0 Å². The lowest BCUT2D eigenvalue weighted by molar-refractivity contribution is 0.0696. The summed E-state index contributed by atoms with van der Waals surface area (Å²) >= 11 is 0. The number of amides is 1. The van der Waals surface area contributed by atoms with Crippen LogP contribution in [0.5, 0.6) is 34.5 Å². The minimum absolute atomic E-state index is 0.0297. The number of carbonyl (C=O) groups is 2. The zero-order valence-corrected chi connectivity index (χ0v) is 29.4. The van der Waals surface area contributed by atoms with Gasteiger partial charge in [0, 0.05) is 5.56 Å². The highest BCUT2D eigenvalue weighted by molar-refractivity contribution is 6.05. The molecule has 0 heterocycles. The molecule has 0 saturated heterocycles. The number of aromatic hydroxyl groups is 2. The van der Waals surface area contributed by atoms with Crippen LogP contribution in [0.15, 0.2) is 182 Å². The van der Waals surface area contributed by atoms with Gasteiger partial charge in [-0.3, -0.25) is 4.79 Å². The molecule has 0 fully saturated rings. The average molecular weight is 729 g/mol. The summed E-state index contributed by atoms with van der Waals surface area (Å²) in [5.74, 6) is 1.66. The van der Waals surface area contributed by atoms with E-state index in [0.29, 0.717) is 28.4 Å². The normalized spacial score (nSPS) is 10.3. The largest absolute Gasteiger partial charge is 0.506 e. The Morgan fingerprint density at radius 1 is 0.455 bits per heavy atom. The summed E-state index contributed by atoms with van der Waals surface area (Å²) in [6.07, 6.45) is 0. The van der Waals surface area contributed by atoms with Gasteiger partial charge < -0.3 is 35.8 Å². The second kappa shape index (κ2) is 17.6. The highest BCUT2D eigenvalue weighted by atomic mass is 16.5. The van der Waals surface area contributed by atoms with Crippen molar-refractivity contribution in [2.24, 2.45) is 0 Å². The molecular formula is C46H36N2O7. The number of nitrogens with one attached hydrogen (secondary N) is 1. The Hall–Kier alpha value is -7.78. The topological polar surface area (TPSA) is 151 Å². The molecule has 0 saturated carbocycles. The maximum absolute atomic E-state index is 12.3. The summed E-state index contributed by atoms with van der Waals surface area (Å²) in [5.41, 5.74) is 6.79. The summed E-state index contributed by atoms with van der Waals surface area (Å²) in [5, 5.41) is 34.6. The second-order valence-electron chi connectivity index (χ2n) is 12.1. The van der Waals surface area contributed by atoms with Crippen molar-refractivity contribution in [3.05, 3.63) is 193 Å². The minimum atomic E-state index is -0.942. The summed E-state index contributed by atoms with van der Waals surface area (Å²) in [6, 6.07) is 54.4. The molecule has 0 aromatic heterocycles. The molecule has 1 amide bonds. The van der Waals surface area contributed by atoms with Gasteiger partial charge in [-0.2, -0.15) is 0 Å². The van der Waals surface area contributed by atoms with Crippen LogP contribution in [0.1, 0.15) is 20.7 Å². The minimum Gasteiger partial charge on any atom is -0.506 e. The van der Waals surface area contributed by atoms with E-state index in [0.717, 1.165) is 33.0 Å². The molecule has 0 unspecified atom stereocenters. The fraction of sp³-hybridized carbons (Fsp3) is 0. The Labute approximate surface area is 317 Å². The van der Waals surface area contributed by atoms with Crippen molar-refractivity contribution in [1.29, 1.82) is 0 Å². The molecule has 0 aliphatic carbocycles. The number of hydrogen-bond donors (Lipinski definition) is 5. The van der Waals surface area contributed by atoms with E-state index in [2.05, 4.69) is 11.4 Å². The molecule has 272 valence electrons. The number of phenols is 2. The molecule has 0 aliphatic heterocycles. The third-order valence-electron chi connectivity index (χ3n) is 8.22. The first-order valence-corrected chi connectivity index (χ1v) is 17.1. The van der Waals surface area contributed by atoms with Crippen LogP contribution in [-0.2, 0) is 0 Å². The van der Waals surface area contributed by atoms with E-state index >= 15 is 0 Å². The highest BCUT2D eigenvalue weighted by Crippen LogP contribution is 2.28. The first kappa shape index (κ1) is 37.0. The van der Waals surface area contributed by atoms with Crippen LogP contribution in [0, 0.1) is 0 Å². The van der Waals surface area contributed by atoms with E-state index in [1.165, 1.54) is 18.2 Å². The fourth-order valence-corrected chi connectivity index (χ4v) is 5.34. The van der Waals surface area contributed by atoms with E-state index in [-0.39, 0.29) is 23.0 Å². The number of carboxylic acid groups (broad SMARTS) is 1. The lowest BCUT2D eigenvalue weighted by Crippen LogP contribution is -2.11. The molecule has 0 atom stereocenters. The first-order chi connectivity index (χ1) is 26.7.